The Morgan fingerprint density at radius 1 is 1.20 bits per heavy atom. The summed E-state index contributed by atoms with van der Waals surface area (Å²) in [6.07, 6.45) is 0. The minimum atomic E-state index is -1.03. The van der Waals surface area contributed by atoms with E-state index in [2.05, 4.69) is 5.32 Å². The van der Waals surface area contributed by atoms with Crippen LogP contribution in [0, 0.1) is 12.7 Å². The minimum Gasteiger partial charge on any atom is -0.495 e. The van der Waals surface area contributed by atoms with Crippen molar-refractivity contribution in [3.63, 3.8) is 0 Å². The smallest absolute Gasteiger partial charge is 0.343 e. The van der Waals surface area contributed by atoms with Gasteiger partial charge in [-0.15, -0.1) is 0 Å². The molecule has 0 fully saturated rings. The van der Waals surface area contributed by atoms with Crippen molar-refractivity contribution in [1.29, 1.82) is 0 Å². The van der Waals surface area contributed by atoms with E-state index in [0.717, 1.165) is 11.6 Å². The molecule has 2 rings (SSSR count). The zero-order valence-corrected chi connectivity index (χ0v) is 14.9. The number of rotatable bonds is 5. The van der Waals surface area contributed by atoms with Gasteiger partial charge in [-0.2, -0.15) is 0 Å². The highest BCUT2D eigenvalue weighted by atomic mass is 35.5. The molecule has 0 heterocycles. The van der Waals surface area contributed by atoms with Crippen molar-refractivity contribution in [3.05, 3.63) is 57.3 Å². The standard InChI is InChI=1S/C17H14Cl2FNO4/c1-9-6-13(14(24-2)7-11(9)19)21-15(22)8-25-17(23)16-10(18)4-3-5-12(16)20/h3-7H,8H2,1-2H3,(H,21,22). The number of methoxy groups -OCH3 is 1. The fourth-order valence-electron chi connectivity index (χ4n) is 2.01. The number of hydrogen-bond acceptors (Lipinski definition) is 4. The summed E-state index contributed by atoms with van der Waals surface area (Å²) in [5, 5.41) is 2.92. The molecule has 0 bridgehead atoms. The van der Waals surface area contributed by atoms with Crippen LogP contribution in [0.15, 0.2) is 30.3 Å². The van der Waals surface area contributed by atoms with Crippen LogP contribution in [0.3, 0.4) is 0 Å². The molecule has 0 atom stereocenters. The number of halogens is 3. The summed E-state index contributed by atoms with van der Waals surface area (Å²) < 4.78 is 23.6. The van der Waals surface area contributed by atoms with Gasteiger partial charge in [-0.05, 0) is 30.7 Å². The van der Waals surface area contributed by atoms with Crippen molar-refractivity contribution in [1.82, 2.24) is 0 Å². The molecule has 0 saturated carbocycles. The minimum absolute atomic E-state index is 0.0968. The van der Waals surface area contributed by atoms with Gasteiger partial charge >= 0.3 is 5.97 Å². The third-order valence-corrected chi connectivity index (χ3v) is 3.98. The lowest BCUT2D eigenvalue weighted by atomic mass is 10.2. The molecule has 25 heavy (non-hydrogen) atoms. The number of nitrogens with one attached hydrogen (secondary N) is 1. The van der Waals surface area contributed by atoms with E-state index in [9.17, 15) is 14.0 Å². The van der Waals surface area contributed by atoms with E-state index in [1.165, 1.54) is 19.2 Å². The highest BCUT2D eigenvalue weighted by Crippen LogP contribution is 2.30. The summed E-state index contributed by atoms with van der Waals surface area (Å²) in [6, 6.07) is 6.95. The topological polar surface area (TPSA) is 64.6 Å². The number of carbonyl (C=O) groups is 2. The Hall–Kier alpha value is -2.31. The number of amides is 1. The molecule has 1 amide bonds. The fourth-order valence-corrected chi connectivity index (χ4v) is 2.41. The van der Waals surface area contributed by atoms with Gasteiger partial charge in [0.25, 0.3) is 5.91 Å². The van der Waals surface area contributed by atoms with Crippen LogP contribution in [0.1, 0.15) is 15.9 Å². The SMILES string of the molecule is COc1cc(Cl)c(C)cc1NC(=O)COC(=O)c1c(F)cccc1Cl. The van der Waals surface area contributed by atoms with Crippen LogP contribution in [0.4, 0.5) is 10.1 Å². The first-order valence-corrected chi connectivity index (χ1v) is 7.84. The van der Waals surface area contributed by atoms with Crippen molar-refractivity contribution in [3.8, 4) is 5.75 Å². The third-order valence-electron chi connectivity index (χ3n) is 3.26. The lowest BCUT2D eigenvalue weighted by molar-refractivity contribution is -0.119. The molecule has 1 N–H and O–H groups in total. The monoisotopic (exact) mass is 385 g/mol. The molecule has 0 aromatic heterocycles. The Bertz CT molecular complexity index is 806. The van der Waals surface area contributed by atoms with Gasteiger partial charge in [0.1, 0.15) is 17.1 Å². The normalized spacial score (nSPS) is 10.3. The molecule has 2 aromatic rings. The van der Waals surface area contributed by atoms with Crippen molar-refractivity contribution in [2.24, 2.45) is 0 Å². The fraction of sp³-hybridized carbons (Fsp3) is 0.176. The van der Waals surface area contributed by atoms with Gasteiger partial charge in [-0.1, -0.05) is 29.3 Å². The summed E-state index contributed by atoms with van der Waals surface area (Å²) in [5.41, 5.74) is 0.680. The largest absolute Gasteiger partial charge is 0.495 e. The average Bonchev–Trinajstić information content (AvgIpc) is 2.56. The van der Waals surface area contributed by atoms with Crippen LogP contribution < -0.4 is 10.1 Å². The third kappa shape index (κ3) is 4.61. The molecule has 132 valence electrons. The molecule has 0 aliphatic heterocycles. The van der Waals surface area contributed by atoms with E-state index < -0.39 is 29.9 Å². The van der Waals surface area contributed by atoms with Gasteiger partial charge in [0.15, 0.2) is 6.61 Å². The van der Waals surface area contributed by atoms with E-state index in [1.54, 1.807) is 19.1 Å². The van der Waals surface area contributed by atoms with Crippen LogP contribution in [0.25, 0.3) is 0 Å². The van der Waals surface area contributed by atoms with Crippen molar-refractivity contribution < 1.29 is 23.5 Å². The second kappa shape index (κ2) is 8.18. The maximum atomic E-state index is 13.6. The molecule has 0 aliphatic rings. The Morgan fingerprint density at radius 3 is 2.56 bits per heavy atom. The van der Waals surface area contributed by atoms with E-state index >= 15 is 0 Å². The van der Waals surface area contributed by atoms with Gasteiger partial charge in [0, 0.05) is 11.1 Å². The predicted molar refractivity (Wildman–Crippen MR) is 93.1 cm³/mol. The molecular weight excluding hydrogens is 372 g/mol. The van der Waals surface area contributed by atoms with Gasteiger partial charge in [0.05, 0.1) is 17.8 Å². The summed E-state index contributed by atoms with van der Waals surface area (Å²) >= 11 is 11.8. The van der Waals surface area contributed by atoms with Crippen LogP contribution in [-0.4, -0.2) is 25.6 Å². The first-order valence-electron chi connectivity index (χ1n) is 7.08. The van der Waals surface area contributed by atoms with E-state index in [0.29, 0.717) is 16.5 Å². The first kappa shape index (κ1) is 19.0. The molecule has 8 heteroatoms. The molecule has 0 spiro atoms. The number of esters is 1. The summed E-state index contributed by atoms with van der Waals surface area (Å²) in [7, 11) is 1.43. The Labute approximate surface area is 153 Å². The van der Waals surface area contributed by atoms with Gasteiger partial charge in [0.2, 0.25) is 0 Å². The number of carbonyl (C=O) groups excluding carboxylic acids is 2. The van der Waals surface area contributed by atoms with E-state index in [4.69, 9.17) is 32.7 Å². The lowest BCUT2D eigenvalue weighted by Crippen LogP contribution is -2.22. The highest BCUT2D eigenvalue weighted by molar-refractivity contribution is 6.33. The zero-order chi connectivity index (χ0) is 18.6. The van der Waals surface area contributed by atoms with E-state index in [-0.39, 0.29) is 5.02 Å². The molecular formula is C17H14Cl2FNO4. The zero-order valence-electron chi connectivity index (χ0n) is 13.4. The quantitative estimate of drug-likeness (QED) is 0.781. The Morgan fingerprint density at radius 2 is 1.92 bits per heavy atom. The summed E-state index contributed by atoms with van der Waals surface area (Å²) in [5.74, 6) is -2.13. The summed E-state index contributed by atoms with van der Waals surface area (Å²) in [4.78, 5) is 23.9. The highest BCUT2D eigenvalue weighted by Gasteiger charge is 2.19. The molecule has 0 radical (unpaired) electrons. The molecule has 0 saturated heterocycles. The molecule has 2 aromatic carbocycles. The van der Waals surface area contributed by atoms with Crippen molar-refractivity contribution in [2.45, 2.75) is 6.92 Å². The van der Waals surface area contributed by atoms with Gasteiger partial charge in [-0.25, -0.2) is 9.18 Å². The number of hydrogen-bond donors (Lipinski definition) is 1. The van der Waals surface area contributed by atoms with Crippen molar-refractivity contribution >= 4 is 40.8 Å². The Kier molecular flexibility index (Phi) is 6.22. The van der Waals surface area contributed by atoms with Crippen LogP contribution in [0.5, 0.6) is 5.75 Å². The predicted octanol–water partition coefficient (Wildman–Crippen LogP) is 4.25. The second-order valence-corrected chi connectivity index (χ2v) is 5.84. The number of anilines is 1. The van der Waals surface area contributed by atoms with Crippen LogP contribution in [0.2, 0.25) is 10.0 Å². The van der Waals surface area contributed by atoms with E-state index in [1.807, 2.05) is 0 Å². The van der Waals surface area contributed by atoms with Crippen molar-refractivity contribution in [2.75, 3.05) is 19.0 Å². The molecule has 0 aliphatic carbocycles. The Balaban J connectivity index is 2.04. The molecule has 0 unspecified atom stereocenters. The van der Waals surface area contributed by atoms with Gasteiger partial charge in [-0.3, -0.25) is 4.79 Å². The maximum Gasteiger partial charge on any atom is 0.343 e. The lowest BCUT2D eigenvalue weighted by Gasteiger charge is -2.12. The number of benzene rings is 2. The first-order chi connectivity index (χ1) is 11.8. The second-order valence-electron chi connectivity index (χ2n) is 5.02. The van der Waals surface area contributed by atoms with Crippen LogP contribution >= 0.6 is 23.2 Å². The summed E-state index contributed by atoms with van der Waals surface area (Å²) in [6.45, 7) is 1.14. The van der Waals surface area contributed by atoms with Gasteiger partial charge < -0.3 is 14.8 Å². The average molecular weight is 386 g/mol. The maximum absolute atomic E-state index is 13.6. The molecule has 5 nitrogen and oxygen atoms in total. The number of aryl methyl sites for hydroxylation is 1. The van der Waals surface area contributed by atoms with Crippen LogP contribution in [-0.2, 0) is 9.53 Å². The number of ether oxygens (including phenoxy) is 2.